The summed E-state index contributed by atoms with van der Waals surface area (Å²) in [6, 6.07) is 10.4. The van der Waals surface area contributed by atoms with Crippen LogP contribution in [0, 0.1) is 0 Å². The molecule has 0 radical (unpaired) electrons. The van der Waals surface area contributed by atoms with Crippen LogP contribution in [0.4, 0.5) is 5.69 Å². The van der Waals surface area contributed by atoms with Gasteiger partial charge in [-0.15, -0.1) is 0 Å². The van der Waals surface area contributed by atoms with Crippen LogP contribution >= 0.6 is 11.8 Å². The fourth-order valence-corrected chi connectivity index (χ4v) is 3.10. The van der Waals surface area contributed by atoms with E-state index in [2.05, 4.69) is 64.9 Å². The maximum Gasteiger partial charge on any atom is 0.224 e. The van der Waals surface area contributed by atoms with E-state index in [1.54, 1.807) is 7.05 Å². The first-order valence-electron chi connectivity index (χ1n) is 9.52. The summed E-state index contributed by atoms with van der Waals surface area (Å²) in [5, 5.41) is 6.57. The molecule has 1 saturated heterocycles. The van der Waals surface area contributed by atoms with Crippen LogP contribution in [0.1, 0.15) is 20.3 Å². The summed E-state index contributed by atoms with van der Waals surface area (Å²) in [5.41, 5.74) is 1.23. The summed E-state index contributed by atoms with van der Waals surface area (Å²) >= 11 is 1.82. The van der Waals surface area contributed by atoms with E-state index < -0.39 is 0 Å². The van der Waals surface area contributed by atoms with Crippen molar-refractivity contribution in [2.24, 2.45) is 4.99 Å². The fraction of sp³-hybridized carbons (Fsp3) is 0.600. The van der Waals surface area contributed by atoms with Crippen molar-refractivity contribution in [3.8, 4) is 0 Å². The minimum Gasteiger partial charge on any atom is -0.368 e. The number of nitrogens with zero attached hydrogens (tertiary/aromatic N) is 3. The number of carbonyl (C=O) groups excluding carboxylic acids is 1. The van der Waals surface area contributed by atoms with Gasteiger partial charge in [0.25, 0.3) is 0 Å². The first kappa shape index (κ1) is 21.4. The second-order valence-corrected chi connectivity index (χ2v) is 8.78. The van der Waals surface area contributed by atoms with Gasteiger partial charge in [-0.3, -0.25) is 9.79 Å². The van der Waals surface area contributed by atoms with Crippen molar-refractivity contribution in [3.63, 3.8) is 0 Å². The number of hydrogen-bond acceptors (Lipinski definition) is 4. The van der Waals surface area contributed by atoms with E-state index in [9.17, 15) is 4.79 Å². The van der Waals surface area contributed by atoms with Gasteiger partial charge in [-0.2, -0.15) is 11.8 Å². The molecule has 1 amide bonds. The van der Waals surface area contributed by atoms with Crippen molar-refractivity contribution in [1.29, 1.82) is 0 Å². The topological polar surface area (TPSA) is 60.0 Å². The van der Waals surface area contributed by atoms with Crippen molar-refractivity contribution in [2.75, 3.05) is 57.5 Å². The number of guanidine groups is 1. The number of carbonyl (C=O) groups is 1. The van der Waals surface area contributed by atoms with E-state index >= 15 is 0 Å². The van der Waals surface area contributed by atoms with E-state index in [0.29, 0.717) is 13.0 Å². The molecule has 6 nitrogen and oxygen atoms in total. The molecular weight excluding hydrogens is 358 g/mol. The molecule has 0 spiro atoms. The number of piperazine rings is 1. The van der Waals surface area contributed by atoms with Gasteiger partial charge in [-0.05, 0) is 32.2 Å². The van der Waals surface area contributed by atoms with Gasteiger partial charge in [0.15, 0.2) is 5.96 Å². The van der Waals surface area contributed by atoms with E-state index in [1.165, 1.54) is 5.69 Å². The van der Waals surface area contributed by atoms with Gasteiger partial charge in [-0.25, -0.2) is 0 Å². The van der Waals surface area contributed by atoms with Crippen molar-refractivity contribution in [1.82, 2.24) is 15.5 Å². The highest BCUT2D eigenvalue weighted by Crippen LogP contribution is 2.19. The number of aliphatic imine (C=N–C) groups is 1. The van der Waals surface area contributed by atoms with Gasteiger partial charge in [0.2, 0.25) is 5.91 Å². The van der Waals surface area contributed by atoms with Gasteiger partial charge < -0.3 is 20.4 Å². The van der Waals surface area contributed by atoms with Crippen LogP contribution in [0.3, 0.4) is 0 Å². The molecule has 1 heterocycles. The number of thioether (sulfide) groups is 1. The SMILES string of the molecule is CN=C(NCCC(=O)N1CCN(c2ccccc2)CC1)NCC(C)(C)SC. The summed E-state index contributed by atoms with van der Waals surface area (Å²) < 4.78 is 0.145. The molecule has 0 saturated carbocycles. The molecule has 2 rings (SSSR count). The van der Waals surface area contributed by atoms with Gasteiger partial charge in [-0.1, -0.05) is 18.2 Å². The monoisotopic (exact) mass is 391 g/mol. The van der Waals surface area contributed by atoms with Crippen LogP contribution in [0.2, 0.25) is 0 Å². The number of rotatable bonds is 7. The third-order valence-electron chi connectivity index (χ3n) is 4.84. The van der Waals surface area contributed by atoms with E-state index in [4.69, 9.17) is 0 Å². The summed E-state index contributed by atoms with van der Waals surface area (Å²) in [5.74, 6) is 0.953. The number of para-hydroxylation sites is 1. The molecule has 27 heavy (non-hydrogen) atoms. The Morgan fingerprint density at radius 1 is 1.15 bits per heavy atom. The first-order chi connectivity index (χ1) is 12.9. The Labute approximate surface area is 167 Å². The summed E-state index contributed by atoms with van der Waals surface area (Å²) in [6.07, 6.45) is 2.59. The largest absolute Gasteiger partial charge is 0.368 e. The lowest BCUT2D eigenvalue weighted by Crippen LogP contribution is -2.49. The Balaban J connectivity index is 1.69. The van der Waals surface area contributed by atoms with Crippen LogP contribution < -0.4 is 15.5 Å². The molecule has 0 aliphatic carbocycles. The molecule has 0 unspecified atom stereocenters. The number of hydrogen-bond donors (Lipinski definition) is 2. The van der Waals surface area contributed by atoms with E-state index in [-0.39, 0.29) is 10.7 Å². The Morgan fingerprint density at radius 3 is 2.41 bits per heavy atom. The molecule has 1 fully saturated rings. The fourth-order valence-electron chi connectivity index (χ4n) is 2.89. The van der Waals surface area contributed by atoms with Gasteiger partial charge in [0.1, 0.15) is 0 Å². The molecule has 0 bridgehead atoms. The van der Waals surface area contributed by atoms with Crippen LogP contribution in [0.15, 0.2) is 35.3 Å². The second-order valence-electron chi connectivity index (χ2n) is 7.27. The molecule has 2 N–H and O–H groups in total. The third kappa shape index (κ3) is 6.97. The lowest BCUT2D eigenvalue weighted by molar-refractivity contribution is -0.131. The molecule has 1 aromatic rings. The quantitative estimate of drug-likeness (QED) is 0.550. The first-order valence-corrected chi connectivity index (χ1v) is 10.7. The van der Waals surface area contributed by atoms with Crippen LogP contribution in [0.5, 0.6) is 0 Å². The predicted octanol–water partition coefficient (Wildman–Crippen LogP) is 2.03. The lowest BCUT2D eigenvalue weighted by Gasteiger charge is -2.36. The van der Waals surface area contributed by atoms with Gasteiger partial charge >= 0.3 is 0 Å². The van der Waals surface area contributed by atoms with Gasteiger partial charge in [0, 0.05) is 63.2 Å². The molecular formula is C20H33N5OS. The molecule has 1 aromatic carbocycles. The third-order valence-corrected chi connectivity index (χ3v) is 6.09. The highest BCUT2D eigenvalue weighted by Gasteiger charge is 2.21. The zero-order valence-electron chi connectivity index (χ0n) is 17.0. The van der Waals surface area contributed by atoms with E-state index in [1.807, 2.05) is 22.7 Å². The smallest absolute Gasteiger partial charge is 0.224 e. The predicted molar refractivity (Wildman–Crippen MR) is 117 cm³/mol. The van der Waals surface area contributed by atoms with Crippen molar-refractivity contribution in [3.05, 3.63) is 30.3 Å². The second kappa shape index (κ2) is 10.4. The van der Waals surface area contributed by atoms with E-state index in [0.717, 1.165) is 38.7 Å². The maximum absolute atomic E-state index is 12.5. The minimum absolute atomic E-state index is 0.145. The summed E-state index contributed by atoms with van der Waals surface area (Å²) in [6.45, 7) is 9.13. The normalized spacial score (nSPS) is 15.6. The zero-order valence-corrected chi connectivity index (χ0v) is 17.8. The van der Waals surface area contributed by atoms with Gasteiger partial charge in [0.05, 0.1) is 0 Å². The average molecular weight is 392 g/mol. The zero-order chi connectivity index (χ0) is 19.7. The number of nitrogens with one attached hydrogen (secondary N) is 2. The maximum atomic E-state index is 12.5. The highest BCUT2D eigenvalue weighted by atomic mass is 32.2. The molecule has 0 aromatic heterocycles. The summed E-state index contributed by atoms with van der Waals surface area (Å²) in [7, 11) is 1.76. The average Bonchev–Trinajstić information content (AvgIpc) is 2.71. The number of benzene rings is 1. The molecule has 150 valence electrons. The lowest BCUT2D eigenvalue weighted by atomic mass is 10.2. The number of amides is 1. The summed E-state index contributed by atoms with van der Waals surface area (Å²) in [4.78, 5) is 21.0. The molecule has 1 aliphatic rings. The van der Waals surface area contributed by atoms with Crippen LogP contribution in [0.25, 0.3) is 0 Å². The Bertz CT molecular complexity index is 612. The Kier molecular flexibility index (Phi) is 8.28. The Morgan fingerprint density at radius 2 is 1.81 bits per heavy atom. The standard InChI is InChI=1S/C20H33N5OS/c1-20(2,27-4)16-23-19(21-3)22-11-10-18(26)25-14-12-24(13-15-25)17-8-6-5-7-9-17/h5-9H,10-16H2,1-4H3,(H2,21,22,23). The Hall–Kier alpha value is -1.89. The van der Waals surface area contributed by atoms with Crippen molar-refractivity contribution < 1.29 is 4.79 Å². The highest BCUT2D eigenvalue weighted by molar-refractivity contribution is 7.99. The molecule has 7 heteroatoms. The molecule has 1 aliphatic heterocycles. The van der Waals surface area contributed by atoms with Crippen LogP contribution in [-0.2, 0) is 4.79 Å². The van der Waals surface area contributed by atoms with Crippen molar-refractivity contribution in [2.45, 2.75) is 25.0 Å². The minimum atomic E-state index is 0.145. The van der Waals surface area contributed by atoms with Crippen LogP contribution in [-0.4, -0.2) is 74.1 Å². The molecule has 0 atom stereocenters. The van der Waals surface area contributed by atoms with Crippen molar-refractivity contribution >= 4 is 29.3 Å². The number of anilines is 1.